The van der Waals surface area contributed by atoms with Gasteiger partial charge in [0.25, 0.3) is 15.9 Å². The van der Waals surface area contributed by atoms with Crippen molar-refractivity contribution in [3.8, 4) is 0 Å². The van der Waals surface area contributed by atoms with Gasteiger partial charge >= 0.3 is 0 Å². The summed E-state index contributed by atoms with van der Waals surface area (Å²) in [6.07, 6.45) is 1.54. The van der Waals surface area contributed by atoms with Gasteiger partial charge in [0.15, 0.2) is 5.13 Å². The lowest BCUT2D eigenvalue weighted by Gasteiger charge is -2.10. The van der Waals surface area contributed by atoms with E-state index in [0.717, 1.165) is 6.07 Å². The molecule has 1 aromatic heterocycles. The highest BCUT2D eigenvalue weighted by atomic mass is 32.2. The predicted molar refractivity (Wildman–Crippen MR) is 93.7 cm³/mol. The van der Waals surface area contributed by atoms with E-state index in [2.05, 4.69) is 15.0 Å². The van der Waals surface area contributed by atoms with Crippen LogP contribution in [0, 0.1) is 5.82 Å². The van der Waals surface area contributed by atoms with E-state index in [-0.39, 0.29) is 16.1 Å². The number of hydrogen-bond donors (Lipinski definition) is 2. The highest BCUT2D eigenvalue weighted by Crippen LogP contribution is 2.20. The second-order valence-corrected chi connectivity index (χ2v) is 7.48. The van der Waals surface area contributed by atoms with Crippen LogP contribution in [0.3, 0.4) is 0 Å². The van der Waals surface area contributed by atoms with Crippen molar-refractivity contribution in [1.82, 2.24) is 4.98 Å². The fourth-order valence-electron chi connectivity index (χ4n) is 2.01. The maximum absolute atomic E-state index is 13.7. The number of nitrogens with one attached hydrogen (secondary N) is 2. The molecule has 0 aliphatic rings. The van der Waals surface area contributed by atoms with Crippen molar-refractivity contribution in [1.29, 1.82) is 0 Å². The summed E-state index contributed by atoms with van der Waals surface area (Å²) in [4.78, 5) is 16.0. The normalized spacial score (nSPS) is 11.1. The minimum Gasteiger partial charge on any atom is -0.298 e. The largest absolute Gasteiger partial charge is 0.298 e. The molecule has 0 atom stereocenters. The molecular formula is C16H12FN3O3S2. The van der Waals surface area contributed by atoms with Gasteiger partial charge in [-0.05, 0) is 30.3 Å². The molecule has 3 rings (SSSR count). The number of nitrogens with zero attached hydrogens (tertiary/aromatic N) is 1. The molecule has 1 amide bonds. The molecule has 0 aliphatic carbocycles. The summed E-state index contributed by atoms with van der Waals surface area (Å²) in [7, 11) is -4.04. The highest BCUT2D eigenvalue weighted by molar-refractivity contribution is 7.92. The summed E-state index contributed by atoms with van der Waals surface area (Å²) in [6, 6.07) is 10.9. The number of carbonyl (C=O) groups excluding carboxylic acids is 1. The number of thiazole rings is 1. The summed E-state index contributed by atoms with van der Waals surface area (Å²) in [6.45, 7) is 0. The monoisotopic (exact) mass is 377 g/mol. The number of para-hydroxylation sites is 1. The summed E-state index contributed by atoms with van der Waals surface area (Å²) >= 11 is 1.24. The lowest BCUT2D eigenvalue weighted by atomic mass is 10.2. The standard InChI is InChI=1S/C16H12FN3O3S2/c17-13-6-1-2-7-14(13)20-25(22,23)12-5-3-4-11(10-12)15(21)19-16-18-8-9-24-16/h1-10,20H,(H,18,19,21). The molecule has 2 aromatic carbocycles. The Labute approximate surface area is 147 Å². The minimum atomic E-state index is -4.04. The molecule has 0 bridgehead atoms. The van der Waals surface area contributed by atoms with E-state index in [9.17, 15) is 17.6 Å². The average Bonchev–Trinajstić information content (AvgIpc) is 3.10. The minimum absolute atomic E-state index is 0.145. The Bertz CT molecular complexity index is 1000. The molecule has 25 heavy (non-hydrogen) atoms. The Hall–Kier alpha value is -2.78. The van der Waals surface area contributed by atoms with Crippen molar-refractivity contribution in [2.45, 2.75) is 4.90 Å². The first kappa shape index (κ1) is 17.1. The van der Waals surface area contributed by atoms with Crippen molar-refractivity contribution in [3.63, 3.8) is 0 Å². The van der Waals surface area contributed by atoms with Gasteiger partial charge in [-0.3, -0.25) is 14.8 Å². The van der Waals surface area contributed by atoms with Crippen molar-refractivity contribution in [2.75, 3.05) is 10.0 Å². The third kappa shape index (κ3) is 4.01. The van der Waals surface area contributed by atoms with Crippen LogP contribution >= 0.6 is 11.3 Å². The van der Waals surface area contributed by atoms with E-state index in [1.165, 1.54) is 53.8 Å². The lowest BCUT2D eigenvalue weighted by Crippen LogP contribution is -2.16. The number of hydrogen-bond acceptors (Lipinski definition) is 5. The van der Waals surface area contributed by atoms with E-state index < -0.39 is 21.7 Å². The van der Waals surface area contributed by atoms with Crippen LogP contribution in [0.15, 0.2) is 65.0 Å². The topological polar surface area (TPSA) is 88.2 Å². The molecule has 3 aromatic rings. The van der Waals surface area contributed by atoms with Gasteiger partial charge in [-0.15, -0.1) is 11.3 Å². The first-order valence-electron chi connectivity index (χ1n) is 7.04. The fraction of sp³-hybridized carbons (Fsp3) is 0. The quantitative estimate of drug-likeness (QED) is 0.714. The van der Waals surface area contributed by atoms with Crippen LogP contribution in [0.4, 0.5) is 15.2 Å². The molecule has 0 aliphatic heterocycles. The summed E-state index contributed by atoms with van der Waals surface area (Å²) in [5.41, 5.74) is -0.0215. The molecule has 0 saturated carbocycles. The number of amides is 1. The van der Waals surface area contributed by atoms with Crippen molar-refractivity contribution < 1.29 is 17.6 Å². The van der Waals surface area contributed by atoms with Crippen molar-refractivity contribution >= 4 is 38.1 Å². The zero-order valence-corrected chi connectivity index (χ0v) is 14.3. The Morgan fingerprint density at radius 2 is 1.92 bits per heavy atom. The van der Waals surface area contributed by atoms with Crippen LogP contribution in [-0.2, 0) is 10.0 Å². The molecule has 128 valence electrons. The zero-order valence-electron chi connectivity index (χ0n) is 12.6. The Balaban J connectivity index is 1.85. The van der Waals surface area contributed by atoms with Gasteiger partial charge in [0.2, 0.25) is 0 Å². The van der Waals surface area contributed by atoms with Gasteiger partial charge in [0.05, 0.1) is 10.6 Å². The maximum Gasteiger partial charge on any atom is 0.262 e. The fourth-order valence-corrected chi connectivity index (χ4v) is 3.64. The van der Waals surface area contributed by atoms with Gasteiger partial charge in [0, 0.05) is 17.1 Å². The number of halogens is 1. The number of anilines is 2. The Morgan fingerprint density at radius 3 is 2.64 bits per heavy atom. The number of benzene rings is 2. The maximum atomic E-state index is 13.7. The van der Waals surface area contributed by atoms with Gasteiger partial charge < -0.3 is 0 Å². The van der Waals surface area contributed by atoms with Crippen LogP contribution in [0.5, 0.6) is 0 Å². The number of aromatic nitrogens is 1. The molecule has 6 nitrogen and oxygen atoms in total. The second kappa shape index (κ2) is 6.99. The number of sulfonamides is 1. The van der Waals surface area contributed by atoms with Crippen molar-refractivity contribution in [2.24, 2.45) is 0 Å². The molecular weight excluding hydrogens is 365 g/mol. The van der Waals surface area contributed by atoms with Crippen LogP contribution in [0.2, 0.25) is 0 Å². The van der Waals surface area contributed by atoms with Crippen LogP contribution in [0.25, 0.3) is 0 Å². The average molecular weight is 377 g/mol. The lowest BCUT2D eigenvalue weighted by molar-refractivity contribution is 0.102. The summed E-state index contributed by atoms with van der Waals surface area (Å²) < 4.78 is 40.7. The van der Waals surface area contributed by atoms with Crippen molar-refractivity contribution in [3.05, 3.63) is 71.5 Å². The first-order valence-corrected chi connectivity index (χ1v) is 9.40. The van der Waals surface area contributed by atoms with Crippen LogP contribution < -0.4 is 10.0 Å². The zero-order chi connectivity index (χ0) is 17.9. The van der Waals surface area contributed by atoms with Gasteiger partial charge in [0.1, 0.15) is 5.82 Å². The highest BCUT2D eigenvalue weighted by Gasteiger charge is 2.18. The van der Waals surface area contributed by atoms with E-state index in [1.807, 2.05) is 0 Å². The molecule has 0 fully saturated rings. The van der Waals surface area contributed by atoms with E-state index >= 15 is 0 Å². The van der Waals surface area contributed by atoms with E-state index in [4.69, 9.17) is 0 Å². The molecule has 0 radical (unpaired) electrons. The molecule has 2 N–H and O–H groups in total. The van der Waals surface area contributed by atoms with Gasteiger partial charge in [-0.2, -0.15) is 0 Å². The van der Waals surface area contributed by atoms with Gasteiger partial charge in [-0.1, -0.05) is 18.2 Å². The van der Waals surface area contributed by atoms with Crippen LogP contribution in [-0.4, -0.2) is 19.3 Å². The molecule has 1 heterocycles. The Morgan fingerprint density at radius 1 is 1.12 bits per heavy atom. The smallest absolute Gasteiger partial charge is 0.262 e. The number of rotatable bonds is 5. The molecule has 9 heteroatoms. The van der Waals surface area contributed by atoms with Gasteiger partial charge in [-0.25, -0.2) is 17.8 Å². The molecule has 0 unspecified atom stereocenters. The van der Waals surface area contributed by atoms with Crippen LogP contribution in [0.1, 0.15) is 10.4 Å². The SMILES string of the molecule is O=C(Nc1nccs1)c1cccc(S(=O)(=O)Nc2ccccc2F)c1. The third-order valence-corrected chi connectivity index (χ3v) is 5.23. The first-order chi connectivity index (χ1) is 12.0. The second-order valence-electron chi connectivity index (χ2n) is 4.90. The predicted octanol–water partition coefficient (Wildman–Crippen LogP) is 3.34. The molecule has 0 saturated heterocycles. The number of carbonyl (C=O) groups is 1. The summed E-state index contributed by atoms with van der Waals surface area (Å²) in [5, 5.41) is 4.68. The Kier molecular flexibility index (Phi) is 4.77. The van der Waals surface area contributed by atoms with E-state index in [1.54, 1.807) is 11.6 Å². The summed E-state index contributed by atoms with van der Waals surface area (Å²) in [5.74, 6) is -1.18. The third-order valence-electron chi connectivity index (χ3n) is 3.18. The molecule has 0 spiro atoms. The van der Waals surface area contributed by atoms with E-state index in [0.29, 0.717) is 5.13 Å².